The molecule has 1 heterocycles. The Hall–Kier alpha value is -2.60. The summed E-state index contributed by atoms with van der Waals surface area (Å²) in [6.07, 6.45) is 1.08. The molecule has 3 rings (SSSR count). The van der Waals surface area contributed by atoms with Crippen LogP contribution in [0.5, 0.6) is 11.5 Å². The molecule has 1 amide bonds. The molecule has 0 saturated heterocycles. The van der Waals surface area contributed by atoms with Crippen molar-refractivity contribution in [1.82, 2.24) is 10.6 Å². The molecule has 5 nitrogen and oxygen atoms in total. The Bertz CT molecular complexity index is 838. The van der Waals surface area contributed by atoms with Crippen LogP contribution in [0.2, 0.25) is 0 Å². The summed E-state index contributed by atoms with van der Waals surface area (Å²) < 4.78 is 24.8. The quantitative estimate of drug-likeness (QED) is 0.734. The van der Waals surface area contributed by atoms with Crippen LogP contribution in [0.15, 0.2) is 30.3 Å². The highest BCUT2D eigenvalue weighted by Crippen LogP contribution is 2.34. The number of hydrogen-bond acceptors (Lipinski definition) is 4. The van der Waals surface area contributed by atoms with E-state index in [0.717, 1.165) is 23.5 Å². The predicted octanol–water partition coefficient (Wildman–Crippen LogP) is 2.99. The third-order valence-electron chi connectivity index (χ3n) is 4.64. The van der Waals surface area contributed by atoms with Gasteiger partial charge in [0.25, 0.3) is 5.91 Å². The molecule has 0 fully saturated rings. The Kier molecular flexibility index (Phi) is 5.96. The van der Waals surface area contributed by atoms with Crippen LogP contribution in [0.4, 0.5) is 4.39 Å². The lowest BCUT2D eigenvalue weighted by molar-refractivity contribution is 0.0953. The van der Waals surface area contributed by atoms with Crippen molar-refractivity contribution >= 4 is 5.91 Å². The van der Waals surface area contributed by atoms with Gasteiger partial charge in [-0.2, -0.15) is 0 Å². The topological polar surface area (TPSA) is 59.6 Å². The van der Waals surface area contributed by atoms with E-state index < -0.39 is 0 Å². The number of carbonyl (C=O) groups excluding carboxylic acids is 1. The minimum atomic E-state index is -0.374. The molecule has 0 bridgehead atoms. The van der Waals surface area contributed by atoms with Crippen LogP contribution in [-0.4, -0.2) is 32.2 Å². The van der Waals surface area contributed by atoms with Crippen LogP contribution in [0.3, 0.4) is 0 Å². The van der Waals surface area contributed by atoms with E-state index in [1.54, 1.807) is 26.2 Å². The summed E-state index contributed by atoms with van der Waals surface area (Å²) in [6.45, 7) is 5.34. The zero-order valence-corrected chi connectivity index (χ0v) is 15.9. The van der Waals surface area contributed by atoms with Gasteiger partial charge in [-0.25, -0.2) is 4.39 Å². The highest BCUT2D eigenvalue weighted by molar-refractivity contribution is 5.94. The van der Waals surface area contributed by atoms with Crippen LogP contribution in [-0.2, 0) is 13.0 Å². The Morgan fingerprint density at radius 2 is 2.11 bits per heavy atom. The molecule has 2 aromatic rings. The van der Waals surface area contributed by atoms with Crippen molar-refractivity contribution in [2.45, 2.75) is 32.9 Å². The summed E-state index contributed by atoms with van der Waals surface area (Å²) in [4.78, 5) is 12.1. The van der Waals surface area contributed by atoms with E-state index in [9.17, 15) is 9.18 Å². The van der Waals surface area contributed by atoms with Gasteiger partial charge >= 0.3 is 0 Å². The zero-order chi connectivity index (χ0) is 19.4. The van der Waals surface area contributed by atoms with Gasteiger partial charge in [0.05, 0.1) is 7.11 Å². The average molecular weight is 372 g/mol. The van der Waals surface area contributed by atoms with Crippen LogP contribution in [0.25, 0.3) is 0 Å². The monoisotopic (exact) mass is 372 g/mol. The van der Waals surface area contributed by atoms with E-state index in [0.29, 0.717) is 30.8 Å². The maximum atomic E-state index is 13.5. The Labute approximate surface area is 158 Å². The SMILES string of the molecule is COc1cc2c(cc1CNCCNC(=O)c1ccc(C)c(F)c1)O[C@@H](C)C2. The van der Waals surface area contributed by atoms with E-state index in [4.69, 9.17) is 9.47 Å². The summed E-state index contributed by atoms with van der Waals surface area (Å²) in [5, 5.41) is 6.07. The second kappa shape index (κ2) is 8.39. The zero-order valence-electron chi connectivity index (χ0n) is 15.9. The van der Waals surface area contributed by atoms with Gasteiger partial charge in [-0.1, -0.05) is 6.07 Å². The van der Waals surface area contributed by atoms with E-state index in [2.05, 4.69) is 10.6 Å². The number of amides is 1. The number of benzene rings is 2. The summed E-state index contributed by atoms with van der Waals surface area (Å²) in [5.74, 6) is 1.09. The number of ether oxygens (including phenoxy) is 2. The third-order valence-corrected chi connectivity index (χ3v) is 4.64. The number of methoxy groups -OCH3 is 1. The molecule has 0 aliphatic carbocycles. The molecule has 1 aliphatic rings. The highest BCUT2D eigenvalue weighted by Gasteiger charge is 2.21. The second-order valence-electron chi connectivity index (χ2n) is 6.80. The van der Waals surface area contributed by atoms with Gasteiger partial charge in [-0.15, -0.1) is 0 Å². The fraction of sp³-hybridized carbons (Fsp3) is 0.381. The number of halogens is 1. The summed E-state index contributed by atoms with van der Waals surface area (Å²) >= 11 is 0. The molecule has 2 N–H and O–H groups in total. The molecule has 6 heteroatoms. The molecule has 0 unspecified atom stereocenters. The first kappa shape index (κ1) is 19.2. The molecule has 144 valence electrons. The summed E-state index contributed by atoms with van der Waals surface area (Å²) in [6, 6.07) is 8.53. The van der Waals surface area contributed by atoms with Crippen LogP contribution >= 0.6 is 0 Å². The van der Waals surface area contributed by atoms with Crippen molar-refractivity contribution < 1.29 is 18.7 Å². The van der Waals surface area contributed by atoms with Crippen molar-refractivity contribution in [3.8, 4) is 11.5 Å². The summed E-state index contributed by atoms with van der Waals surface area (Å²) in [5.41, 5.74) is 3.03. The minimum absolute atomic E-state index is 0.190. The molecule has 0 aromatic heterocycles. The number of nitrogens with one attached hydrogen (secondary N) is 2. The van der Waals surface area contributed by atoms with Gasteiger partial charge in [0, 0.05) is 42.7 Å². The maximum Gasteiger partial charge on any atom is 0.251 e. The highest BCUT2D eigenvalue weighted by atomic mass is 19.1. The van der Waals surface area contributed by atoms with Gasteiger partial charge < -0.3 is 20.1 Å². The number of fused-ring (bicyclic) bond motifs is 1. The van der Waals surface area contributed by atoms with Gasteiger partial charge in [0.2, 0.25) is 0 Å². The number of rotatable bonds is 7. The van der Waals surface area contributed by atoms with Crippen LogP contribution in [0, 0.1) is 12.7 Å². The maximum absolute atomic E-state index is 13.5. The molecule has 0 saturated carbocycles. The Morgan fingerprint density at radius 3 is 2.85 bits per heavy atom. The van der Waals surface area contributed by atoms with Crippen molar-refractivity contribution in [2.75, 3.05) is 20.2 Å². The number of aryl methyl sites for hydroxylation is 1. The molecule has 2 aromatic carbocycles. The lowest BCUT2D eigenvalue weighted by atomic mass is 10.1. The van der Waals surface area contributed by atoms with Gasteiger partial charge in [-0.3, -0.25) is 4.79 Å². The van der Waals surface area contributed by atoms with E-state index >= 15 is 0 Å². The molecule has 1 aliphatic heterocycles. The first-order valence-corrected chi connectivity index (χ1v) is 9.09. The standard InChI is InChI=1S/C21H25FN2O3/c1-13-4-5-15(9-18(13)22)21(25)24-7-6-23-12-17-11-20-16(8-14(2)27-20)10-19(17)26-3/h4-5,9-11,14,23H,6-8,12H2,1-3H3,(H,24,25)/t14-/m0/s1. The van der Waals surface area contributed by atoms with Gasteiger partial charge in [-0.05, 0) is 43.7 Å². The molecule has 0 spiro atoms. The van der Waals surface area contributed by atoms with Crippen LogP contribution < -0.4 is 20.1 Å². The first-order valence-electron chi connectivity index (χ1n) is 9.09. The second-order valence-corrected chi connectivity index (χ2v) is 6.80. The molecule has 0 radical (unpaired) electrons. The average Bonchev–Trinajstić information content (AvgIpc) is 3.01. The van der Waals surface area contributed by atoms with E-state index in [1.807, 2.05) is 19.1 Å². The number of hydrogen-bond donors (Lipinski definition) is 2. The van der Waals surface area contributed by atoms with Gasteiger partial charge in [0.15, 0.2) is 0 Å². The van der Waals surface area contributed by atoms with Crippen LogP contribution in [0.1, 0.15) is 34.0 Å². The lowest BCUT2D eigenvalue weighted by Gasteiger charge is -2.12. The van der Waals surface area contributed by atoms with E-state index in [1.165, 1.54) is 11.6 Å². The Morgan fingerprint density at radius 1 is 1.30 bits per heavy atom. The van der Waals surface area contributed by atoms with Crippen molar-refractivity contribution in [1.29, 1.82) is 0 Å². The van der Waals surface area contributed by atoms with Crippen molar-refractivity contribution in [2.24, 2.45) is 0 Å². The van der Waals surface area contributed by atoms with Crippen molar-refractivity contribution in [3.05, 3.63) is 58.4 Å². The Balaban J connectivity index is 1.48. The smallest absolute Gasteiger partial charge is 0.251 e. The fourth-order valence-corrected chi connectivity index (χ4v) is 3.13. The number of carbonyl (C=O) groups is 1. The normalized spacial score (nSPS) is 15.2. The fourth-order valence-electron chi connectivity index (χ4n) is 3.13. The largest absolute Gasteiger partial charge is 0.496 e. The minimum Gasteiger partial charge on any atom is -0.496 e. The van der Waals surface area contributed by atoms with Gasteiger partial charge in [0.1, 0.15) is 23.4 Å². The molecule has 27 heavy (non-hydrogen) atoms. The molecule has 1 atom stereocenters. The summed E-state index contributed by atoms with van der Waals surface area (Å²) in [7, 11) is 1.66. The van der Waals surface area contributed by atoms with Crippen molar-refractivity contribution in [3.63, 3.8) is 0 Å². The first-order chi connectivity index (χ1) is 13.0. The third kappa shape index (κ3) is 4.57. The molecular weight excluding hydrogens is 347 g/mol. The van der Waals surface area contributed by atoms with E-state index in [-0.39, 0.29) is 17.8 Å². The predicted molar refractivity (Wildman–Crippen MR) is 102 cm³/mol. The molecular formula is C21H25FN2O3. The lowest BCUT2D eigenvalue weighted by Crippen LogP contribution is -2.31.